The van der Waals surface area contributed by atoms with Crippen molar-refractivity contribution in [3.8, 4) is 11.5 Å². The Morgan fingerprint density at radius 2 is 1.42 bits per heavy atom. The van der Waals surface area contributed by atoms with Gasteiger partial charge in [0.15, 0.2) is 0 Å². The number of rotatable bonds is 16. The van der Waals surface area contributed by atoms with Crippen LogP contribution < -0.4 is 4.74 Å². The van der Waals surface area contributed by atoms with Crippen LogP contribution in [-0.2, 0) is 39.8 Å². The fourth-order valence-corrected chi connectivity index (χ4v) is 3.69. The van der Waals surface area contributed by atoms with Crippen molar-refractivity contribution in [3.05, 3.63) is 59.7 Å². The predicted octanol–water partition coefficient (Wildman–Crippen LogP) is 4.31. The maximum Gasteiger partial charge on any atom is 0.353 e. The minimum atomic E-state index is -2.97. The van der Waals surface area contributed by atoms with Gasteiger partial charge in [-0.05, 0) is 76.3 Å². The number of hydrogen-bond acceptors (Lipinski definition) is 9. The van der Waals surface area contributed by atoms with Gasteiger partial charge in [-0.15, -0.1) is 0 Å². The van der Waals surface area contributed by atoms with Crippen LogP contribution in [0.2, 0.25) is 0 Å². The number of aliphatic hydroxyl groups is 1. The number of carbonyl (C=O) groups is 3. The molecule has 0 aliphatic carbocycles. The van der Waals surface area contributed by atoms with Crippen molar-refractivity contribution in [2.24, 2.45) is 0 Å². The average molecular weight is 531 g/mol. The second-order valence-corrected chi connectivity index (χ2v) is 8.53. The molecule has 1 N–H and O–H groups in total. The van der Waals surface area contributed by atoms with Gasteiger partial charge in [-0.2, -0.15) is 0 Å². The summed E-state index contributed by atoms with van der Waals surface area (Å²) in [6, 6.07) is 15.7. The standard InChI is InChI=1S/C29H38O9/c1-5-34-26(30)25(29(33,27(31)35-6-2)28(32)36-7-3)37-20-12-8-9-14-22-16-18-23(19-17-22)38-24-15-11-10-13-21(24)4/h10-11,13,15-19,25,33H,5-9,12,14,20H2,1-4H3. The maximum absolute atomic E-state index is 12.5. The van der Waals surface area contributed by atoms with E-state index in [0.29, 0.717) is 6.42 Å². The lowest BCUT2D eigenvalue weighted by molar-refractivity contribution is -0.208. The van der Waals surface area contributed by atoms with Crippen molar-refractivity contribution in [3.63, 3.8) is 0 Å². The first-order valence-electron chi connectivity index (χ1n) is 12.9. The van der Waals surface area contributed by atoms with E-state index in [1.165, 1.54) is 13.8 Å². The molecule has 0 saturated heterocycles. The van der Waals surface area contributed by atoms with E-state index < -0.39 is 29.6 Å². The molecule has 0 aliphatic rings. The molecule has 2 aromatic rings. The van der Waals surface area contributed by atoms with Crippen LogP contribution in [0.15, 0.2) is 48.5 Å². The molecule has 1 unspecified atom stereocenters. The van der Waals surface area contributed by atoms with Crippen LogP contribution in [0.3, 0.4) is 0 Å². The van der Waals surface area contributed by atoms with Gasteiger partial charge in [-0.3, -0.25) is 0 Å². The van der Waals surface area contributed by atoms with Crippen molar-refractivity contribution in [2.45, 2.75) is 65.1 Å². The van der Waals surface area contributed by atoms with E-state index in [9.17, 15) is 19.5 Å². The van der Waals surface area contributed by atoms with Crippen LogP contribution in [-0.4, -0.2) is 61.1 Å². The van der Waals surface area contributed by atoms with Crippen LogP contribution in [0.25, 0.3) is 0 Å². The van der Waals surface area contributed by atoms with Crippen LogP contribution in [0, 0.1) is 6.92 Å². The SMILES string of the molecule is CCOC(=O)C(OCCCCCc1ccc(Oc2ccccc2C)cc1)C(O)(C(=O)OCC)C(=O)OCC. The van der Waals surface area contributed by atoms with Crippen molar-refractivity contribution in [1.29, 1.82) is 0 Å². The molecule has 2 aromatic carbocycles. The highest BCUT2D eigenvalue weighted by molar-refractivity contribution is 6.08. The summed E-state index contributed by atoms with van der Waals surface area (Å²) in [5.41, 5.74) is -0.765. The number of esters is 3. The van der Waals surface area contributed by atoms with Crippen molar-refractivity contribution < 1.29 is 43.2 Å². The fourth-order valence-electron chi connectivity index (χ4n) is 3.69. The van der Waals surface area contributed by atoms with E-state index in [1.807, 2.05) is 55.5 Å². The van der Waals surface area contributed by atoms with Crippen molar-refractivity contribution in [1.82, 2.24) is 0 Å². The third-order valence-electron chi connectivity index (χ3n) is 5.69. The first-order valence-corrected chi connectivity index (χ1v) is 12.9. The Bertz CT molecular complexity index is 1010. The van der Waals surface area contributed by atoms with E-state index in [0.717, 1.165) is 41.9 Å². The summed E-state index contributed by atoms with van der Waals surface area (Å²) < 4.78 is 26.1. The lowest BCUT2D eigenvalue weighted by Gasteiger charge is -2.30. The van der Waals surface area contributed by atoms with Gasteiger partial charge < -0.3 is 28.8 Å². The summed E-state index contributed by atoms with van der Waals surface area (Å²) in [7, 11) is 0. The third kappa shape index (κ3) is 8.56. The number of hydrogen-bond donors (Lipinski definition) is 1. The molecule has 1 atom stereocenters. The lowest BCUT2D eigenvalue weighted by Crippen LogP contribution is -2.61. The zero-order valence-electron chi connectivity index (χ0n) is 22.6. The quantitative estimate of drug-likeness (QED) is 0.147. The summed E-state index contributed by atoms with van der Waals surface area (Å²) in [6.07, 6.45) is 1.01. The molecule has 0 heterocycles. The highest BCUT2D eigenvalue weighted by atomic mass is 16.6. The van der Waals surface area contributed by atoms with E-state index in [2.05, 4.69) is 0 Å². The molecule has 0 aromatic heterocycles. The fraction of sp³-hybridized carbons (Fsp3) is 0.483. The summed E-state index contributed by atoms with van der Waals surface area (Å²) in [5.74, 6) is -2.13. The summed E-state index contributed by atoms with van der Waals surface area (Å²) >= 11 is 0. The topological polar surface area (TPSA) is 118 Å². The Kier molecular flexibility index (Phi) is 12.8. The summed E-state index contributed by atoms with van der Waals surface area (Å²) in [5, 5.41) is 11.0. The normalized spacial score (nSPS) is 11.9. The number of carbonyl (C=O) groups excluding carboxylic acids is 3. The van der Waals surface area contributed by atoms with Crippen molar-refractivity contribution in [2.75, 3.05) is 26.4 Å². The smallest absolute Gasteiger partial charge is 0.353 e. The van der Waals surface area contributed by atoms with Gasteiger partial charge in [0, 0.05) is 6.61 Å². The van der Waals surface area contributed by atoms with Crippen LogP contribution in [0.4, 0.5) is 0 Å². The molecule has 0 saturated carbocycles. The van der Waals surface area contributed by atoms with Crippen molar-refractivity contribution >= 4 is 17.9 Å². The Labute approximate surface area is 224 Å². The molecule has 2 rings (SSSR count). The molecule has 0 radical (unpaired) electrons. The number of ether oxygens (including phenoxy) is 5. The Balaban J connectivity index is 1.90. The number of benzene rings is 2. The van der Waals surface area contributed by atoms with E-state index in [-0.39, 0.29) is 26.4 Å². The number of unbranched alkanes of at least 4 members (excludes halogenated alkanes) is 2. The van der Waals surface area contributed by atoms with Gasteiger partial charge in [-0.1, -0.05) is 36.8 Å². The monoisotopic (exact) mass is 530 g/mol. The molecule has 9 heteroatoms. The van der Waals surface area contributed by atoms with Crippen LogP contribution in [0.1, 0.15) is 51.2 Å². The molecule has 38 heavy (non-hydrogen) atoms. The van der Waals surface area contributed by atoms with E-state index >= 15 is 0 Å². The molecule has 0 amide bonds. The first kappa shape index (κ1) is 30.8. The Hall–Kier alpha value is -3.43. The molecule has 208 valence electrons. The highest BCUT2D eigenvalue weighted by Gasteiger charge is 2.58. The number of para-hydroxylation sites is 1. The molecular formula is C29H38O9. The summed E-state index contributed by atoms with van der Waals surface area (Å²) in [4.78, 5) is 37.5. The molecule has 0 spiro atoms. The molecule has 0 fully saturated rings. The van der Waals surface area contributed by atoms with Gasteiger partial charge in [0.05, 0.1) is 19.8 Å². The largest absolute Gasteiger partial charge is 0.464 e. The van der Waals surface area contributed by atoms with Crippen LogP contribution >= 0.6 is 0 Å². The van der Waals surface area contributed by atoms with Crippen LogP contribution in [0.5, 0.6) is 11.5 Å². The molecular weight excluding hydrogens is 492 g/mol. The predicted molar refractivity (Wildman–Crippen MR) is 140 cm³/mol. The summed E-state index contributed by atoms with van der Waals surface area (Å²) in [6.45, 7) is 6.32. The van der Waals surface area contributed by atoms with Gasteiger partial charge in [0.2, 0.25) is 6.10 Å². The maximum atomic E-state index is 12.5. The van der Waals surface area contributed by atoms with Gasteiger partial charge in [-0.25, -0.2) is 14.4 Å². The van der Waals surface area contributed by atoms with Gasteiger partial charge in [0.25, 0.3) is 5.60 Å². The minimum absolute atomic E-state index is 0.00774. The average Bonchev–Trinajstić information content (AvgIpc) is 2.90. The van der Waals surface area contributed by atoms with E-state index in [1.54, 1.807) is 6.92 Å². The minimum Gasteiger partial charge on any atom is -0.464 e. The van der Waals surface area contributed by atoms with Gasteiger partial charge >= 0.3 is 17.9 Å². The first-order chi connectivity index (χ1) is 18.3. The number of aryl methyl sites for hydroxylation is 2. The Morgan fingerprint density at radius 1 is 0.816 bits per heavy atom. The molecule has 0 bridgehead atoms. The second kappa shape index (κ2) is 15.7. The highest BCUT2D eigenvalue weighted by Crippen LogP contribution is 2.25. The van der Waals surface area contributed by atoms with Gasteiger partial charge in [0.1, 0.15) is 11.5 Å². The van der Waals surface area contributed by atoms with E-state index in [4.69, 9.17) is 23.7 Å². The molecule has 0 aliphatic heterocycles. The zero-order chi connectivity index (χ0) is 28.0. The third-order valence-corrected chi connectivity index (χ3v) is 5.69. The zero-order valence-corrected chi connectivity index (χ0v) is 22.6. The lowest BCUT2D eigenvalue weighted by atomic mass is 9.96. The second-order valence-electron chi connectivity index (χ2n) is 8.53. The molecule has 9 nitrogen and oxygen atoms in total. The Morgan fingerprint density at radius 3 is 2.00 bits per heavy atom.